The smallest absolute Gasteiger partial charge is 0.338 e. The van der Waals surface area contributed by atoms with Gasteiger partial charge in [0.05, 0.1) is 24.3 Å². The van der Waals surface area contributed by atoms with Crippen LogP contribution in [0, 0.1) is 0 Å². The summed E-state index contributed by atoms with van der Waals surface area (Å²) in [5.41, 5.74) is 3.84. The fraction of sp³-hybridized carbons (Fsp3) is 0.391. The van der Waals surface area contributed by atoms with Crippen molar-refractivity contribution in [3.8, 4) is 0 Å². The van der Waals surface area contributed by atoms with Gasteiger partial charge in [-0.1, -0.05) is 36.4 Å². The van der Waals surface area contributed by atoms with Gasteiger partial charge in [-0.2, -0.15) is 0 Å². The Morgan fingerprint density at radius 1 is 1.11 bits per heavy atom. The van der Waals surface area contributed by atoms with Gasteiger partial charge in [0.2, 0.25) is 0 Å². The summed E-state index contributed by atoms with van der Waals surface area (Å²) < 4.78 is 10.7. The van der Waals surface area contributed by atoms with Crippen LogP contribution in [0.2, 0.25) is 0 Å². The number of amides is 1. The van der Waals surface area contributed by atoms with Gasteiger partial charge in [0.1, 0.15) is 0 Å². The maximum absolute atomic E-state index is 12.3. The second-order valence-electron chi connectivity index (χ2n) is 7.34. The van der Waals surface area contributed by atoms with Gasteiger partial charge in [-0.05, 0) is 61.9 Å². The maximum Gasteiger partial charge on any atom is 0.338 e. The molecule has 0 spiro atoms. The van der Waals surface area contributed by atoms with Crippen LogP contribution in [0.4, 0.5) is 0 Å². The van der Waals surface area contributed by atoms with Crippen LogP contribution in [0.1, 0.15) is 59.8 Å². The van der Waals surface area contributed by atoms with E-state index >= 15 is 0 Å². The van der Waals surface area contributed by atoms with Gasteiger partial charge < -0.3 is 14.8 Å². The first-order valence-corrected chi connectivity index (χ1v) is 9.78. The molecular formula is C23H27NO4. The van der Waals surface area contributed by atoms with Crippen molar-refractivity contribution in [3.63, 3.8) is 0 Å². The molecule has 0 aromatic heterocycles. The van der Waals surface area contributed by atoms with Crippen molar-refractivity contribution in [1.82, 2.24) is 5.32 Å². The monoisotopic (exact) mass is 381 g/mol. The predicted octanol–water partition coefficient (Wildman–Crippen LogP) is 3.96. The number of aryl methyl sites for hydroxylation is 1. The highest BCUT2D eigenvalue weighted by Gasteiger charge is 2.21. The topological polar surface area (TPSA) is 64.6 Å². The Morgan fingerprint density at radius 3 is 2.61 bits per heavy atom. The van der Waals surface area contributed by atoms with Crippen molar-refractivity contribution in [1.29, 1.82) is 0 Å². The molecule has 0 aliphatic heterocycles. The molecule has 5 heteroatoms. The van der Waals surface area contributed by atoms with Crippen LogP contribution in [0.15, 0.2) is 48.5 Å². The molecule has 28 heavy (non-hydrogen) atoms. The zero-order valence-corrected chi connectivity index (χ0v) is 16.4. The van der Waals surface area contributed by atoms with Crippen LogP contribution in [0.3, 0.4) is 0 Å². The quantitative estimate of drug-likeness (QED) is 0.737. The lowest BCUT2D eigenvalue weighted by atomic mass is 9.88. The van der Waals surface area contributed by atoms with Crippen LogP contribution in [0.25, 0.3) is 0 Å². The highest BCUT2D eigenvalue weighted by molar-refractivity contribution is 5.91. The summed E-state index contributed by atoms with van der Waals surface area (Å²) in [5.74, 6) is -0.785. The van der Waals surface area contributed by atoms with Crippen LogP contribution >= 0.6 is 0 Å². The zero-order chi connectivity index (χ0) is 19.9. The number of nitrogens with one attached hydrogen (secondary N) is 1. The average molecular weight is 381 g/mol. The normalized spacial score (nSPS) is 15.8. The number of esters is 1. The van der Waals surface area contributed by atoms with Gasteiger partial charge in [0, 0.05) is 0 Å². The Bertz CT molecular complexity index is 814. The van der Waals surface area contributed by atoms with Crippen LogP contribution in [0.5, 0.6) is 0 Å². The zero-order valence-electron chi connectivity index (χ0n) is 16.4. The van der Waals surface area contributed by atoms with Crippen LogP contribution in [-0.2, 0) is 27.3 Å². The molecule has 2 aromatic rings. The second-order valence-corrected chi connectivity index (χ2v) is 7.34. The van der Waals surface area contributed by atoms with Crippen molar-refractivity contribution in [2.24, 2.45) is 0 Å². The molecule has 0 saturated heterocycles. The number of carbonyl (C=O) groups is 2. The summed E-state index contributed by atoms with van der Waals surface area (Å²) in [6.45, 7) is 4.17. The summed E-state index contributed by atoms with van der Waals surface area (Å²) in [5, 5.41) is 2.99. The first-order valence-electron chi connectivity index (χ1n) is 9.78. The van der Waals surface area contributed by atoms with Crippen LogP contribution < -0.4 is 5.32 Å². The van der Waals surface area contributed by atoms with Gasteiger partial charge >= 0.3 is 5.97 Å². The first kappa shape index (κ1) is 20.1. The summed E-state index contributed by atoms with van der Waals surface area (Å²) in [7, 11) is 0. The van der Waals surface area contributed by atoms with Gasteiger partial charge in [-0.15, -0.1) is 0 Å². The molecule has 0 radical (unpaired) electrons. The Balaban J connectivity index is 1.49. The molecule has 0 unspecified atom stereocenters. The number of ether oxygens (including phenoxy) is 2. The summed E-state index contributed by atoms with van der Waals surface area (Å²) >= 11 is 0. The molecule has 1 N–H and O–H groups in total. The third kappa shape index (κ3) is 5.42. The Kier molecular flexibility index (Phi) is 6.82. The Labute approximate surface area is 166 Å². The number of benzene rings is 2. The van der Waals surface area contributed by atoms with E-state index in [0.717, 1.165) is 30.4 Å². The van der Waals surface area contributed by atoms with Crippen molar-refractivity contribution < 1.29 is 19.1 Å². The molecule has 0 saturated carbocycles. The molecule has 0 bridgehead atoms. The average Bonchev–Trinajstić information content (AvgIpc) is 2.71. The summed E-state index contributed by atoms with van der Waals surface area (Å²) in [6, 6.07) is 15.2. The fourth-order valence-corrected chi connectivity index (χ4v) is 3.35. The van der Waals surface area contributed by atoms with Crippen molar-refractivity contribution in [2.75, 3.05) is 6.61 Å². The second kappa shape index (κ2) is 9.51. The molecular weight excluding hydrogens is 354 g/mol. The summed E-state index contributed by atoms with van der Waals surface area (Å²) in [6.07, 6.45) is 3.13. The number of fused-ring (bicyclic) bond motifs is 1. The molecule has 1 atom stereocenters. The van der Waals surface area contributed by atoms with E-state index in [0.29, 0.717) is 12.2 Å². The minimum Gasteiger partial charge on any atom is -0.452 e. The number of carbonyl (C=O) groups excluding carboxylic acids is 2. The van der Waals surface area contributed by atoms with Crippen molar-refractivity contribution >= 4 is 11.9 Å². The molecule has 5 nitrogen and oxygen atoms in total. The lowest BCUT2D eigenvalue weighted by Crippen LogP contribution is -2.34. The van der Waals surface area contributed by atoms with Gasteiger partial charge in [-0.25, -0.2) is 4.79 Å². The predicted molar refractivity (Wildman–Crippen MR) is 107 cm³/mol. The highest BCUT2D eigenvalue weighted by Crippen LogP contribution is 2.29. The van der Waals surface area contributed by atoms with Gasteiger partial charge in [0.25, 0.3) is 5.91 Å². The number of hydrogen-bond acceptors (Lipinski definition) is 4. The lowest BCUT2D eigenvalue weighted by molar-refractivity contribution is -0.125. The van der Waals surface area contributed by atoms with E-state index in [1.54, 1.807) is 12.1 Å². The molecule has 1 amide bonds. The third-order valence-electron chi connectivity index (χ3n) is 4.81. The molecule has 1 aliphatic rings. The Morgan fingerprint density at radius 2 is 1.86 bits per heavy atom. The van der Waals surface area contributed by atoms with E-state index in [2.05, 4.69) is 17.4 Å². The molecule has 2 aromatic carbocycles. The summed E-state index contributed by atoms with van der Waals surface area (Å²) in [4.78, 5) is 24.4. The Hall–Kier alpha value is -2.66. The third-order valence-corrected chi connectivity index (χ3v) is 4.81. The van der Waals surface area contributed by atoms with Gasteiger partial charge in [-0.3, -0.25) is 4.79 Å². The maximum atomic E-state index is 12.3. The standard InChI is InChI=1S/C23H27NO4/c1-16(2)27-14-17-10-12-19(13-11-17)23(26)28-15-22(25)24-21-9-5-7-18-6-3-4-8-20(18)21/h3-4,6,8,10-13,16,21H,5,7,9,14-15H2,1-2H3,(H,24,25)/t21-/m1/s1. The van der Waals surface area contributed by atoms with E-state index in [4.69, 9.17) is 9.47 Å². The number of hydrogen-bond donors (Lipinski definition) is 1. The molecule has 148 valence electrons. The minimum absolute atomic E-state index is 0.0172. The van der Waals surface area contributed by atoms with E-state index in [-0.39, 0.29) is 24.7 Å². The molecule has 0 fully saturated rings. The highest BCUT2D eigenvalue weighted by atomic mass is 16.5. The lowest BCUT2D eigenvalue weighted by Gasteiger charge is -2.26. The van der Waals surface area contributed by atoms with E-state index in [9.17, 15) is 9.59 Å². The molecule has 1 aliphatic carbocycles. The van der Waals surface area contributed by atoms with Crippen molar-refractivity contribution in [3.05, 3.63) is 70.8 Å². The molecule has 3 rings (SSSR count). The number of rotatable bonds is 7. The van der Waals surface area contributed by atoms with E-state index in [1.807, 2.05) is 38.1 Å². The van der Waals surface area contributed by atoms with E-state index < -0.39 is 5.97 Å². The largest absolute Gasteiger partial charge is 0.452 e. The van der Waals surface area contributed by atoms with Gasteiger partial charge in [0.15, 0.2) is 6.61 Å². The van der Waals surface area contributed by atoms with E-state index in [1.165, 1.54) is 5.56 Å². The SMILES string of the molecule is CC(C)OCc1ccc(C(=O)OCC(=O)N[C@@H]2CCCc3ccccc32)cc1. The minimum atomic E-state index is -0.504. The fourth-order valence-electron chi connectivity index (χ4n) is 3.35. The van der Waals surface area contributed by atoms with Crippen LogP contribution in [-0.4, -0.2) is 24.6 Å². The van der Waals surface area contributed by atoms with Crippen molar-refractivity contribution in [2.45, 2.75) is 51.9 Å². The molecule has 0 heterocycles. The first-order chi connectivity index (χ1) is 13.5.